The molecule has 1 aliphatic rings. The Labute approximate surface area is 140 Å². The lowest BCUT2D eigenvalue weighted by Gasteiger charge is -2.32. The van der Waals surface area contributed by atoms with Gasteiger partial charge < -0.3 is 14.5 Å². The van der Waals surface area contributed by atoms with Gasteiger partial charge in [0.2, 0.25) is 5.82 Å². The summed E-state index contributed by atoms with van der Waals surface area (Å²) in [6.45, 7) is 1.17. The number of carbonyl (C=O) groups is 1. The standard InChI is InChI=1S/C16H20N6O2/c1-21(2)14-15(20-9-8-19-14)24-12-5-3-10-22(11-12)16(23)13-17-6-4-7-18-13/h4,6-9,12H,3,5,10-11H2,1-2H3. The van der Waals surface area contributed by atoms with Crippen molar-refractivity contribution in [1.82, 2.24) is 24.8 Å². The molecule has 3 heterocycles. The van der Waals surface area contributed by atoms with E-state index in [1.54, 1.807) is 35.8 Å². The molecule has 0 bridgehead atoms. The van der Waals surface area contributed by atoms with Gasteiger partial charge in [-0.15, -0.1) is 0 Å². The molecule has 3 rings (SSSR count). The molecule has 0 N–H and O–H groups in total. The number of aromatic nitrogens is 4. The maximum Gasteiger partial charge on any atom is 0.291 e. The van der Waals surface area contributed by atoms with Crippen LogP contribution in [0.25, 0.3) is 0 Å². The van der Waals surface area contributed by atoms with Gasteiger partial charge in [-0.3, -0.25) is 4.79 Å². The molecule has 126 valence electrons. The molecule has 0 saturated carbocycles. The van der Waals surface area contributed by atoms with Crippen LogP contribution in [0, 0.1) is 0 Å². The quantitative estimate of drug-likeness (QED) is 0.828. The highest BCUT2D eigenvalue weighted by atomic mass is 16.5. The summed E-state index contributed by atoms with van der Waals surface area (Å²) in [7, 11) is 3.78. The Morgan fingerprint density at radius 3 is 2.67 bits per heavy atom. The minimum atomic E-state index is -0.170. The summed E-state index contributed by atoms with van der Waals surface area (Å²) < 4.78 is 6.01. The number of hydrogen-bond acceptors (Lipinski definition) is 7. The third-order valence-electron chi connectivity index (χ3n) is 3.77. The Bertz CT molecular complexity index is 694. The van der Waals surface area contributed by atoms with Crippen LogP contribution >= 0.6 is 0 Å². The van der Waals surface area contributed by atoms with Gasteiger partial charge in [-0.2, -0.15) is 0 Å². The van der Waals surface area contributed by atoms with Crippen LogP contribution in [0.2, 0.25) is 0 Å². The lowest BCUT2D eigenvalue weighted by atomic mass is 10.1. The highest BCUT2D eigenvalue weighted by Crippen LogP contribution is 2.24. The zero-order valence-corrected chi connectivity index (χ0v) is 13.8. The molecule has 8 nitrogen and oxygen atoms in total. The van der Waals surface area contributed by atoms with Crippen LogP contribution in [0.5, 0.6) is 5.88 Å². The maximum atomic E-state index is 12.5. The predicted octanol–water partition coefficient (Wildman–Crippen LogP) is 1.02. The van der Waals surface area contributed by atoms with Crippen molar-refractivity contribution in [2.75, 3.05) is 32.1 Å². The van der Waals surface area contributed by atoms with Crippen LogP contribution < -0.4 is 9.64 Å². The summed E-state index contributed by atoms with van der Waals surface area (Å²) >= 11 is 0. The summed E-state index contributed by atoms with van der Waals surface area (Å²) in [5.74, 6) is 1.20. The highest BCUT2D eigenvalue weighted by molar-refractivity contribution is 5.90. The second-order valence-electron chi connectivity index (χ2n) is 5.79. The molecule has 1 fully saturated rings. The van der Waals surface area contributed by atoms with E-state index in [2.05, 4.69) is 19.9 Å². The molecule has 1 saturated heterocycles. The Kier molecular flexibility index (Phi) is 4.83. The first kappa shape index (κ1) is 16.1. The first-order valence-electron chi connectivity index (χ1n) is 7.86. The Morgan fingerprint density at radius 1 is 1.17 bits per heavy atom. The topological polar surface area (TPSA) is 84.3 Å². The summed E-state index contributed by atoms with van der Waals surface area (Å²) in [4.78, 5) is 32.7. The van der Waals surface area contributed by atoms with E-state index in [4.69, 9.17) is 4.74 Å². The predicted molar refractivity (Wildman–Crippen MR) is 87.9 cm³/mol. The molecular formula is C16H20N6O2. The van der Waals surface area contributed by atoms with E-state index in [1.165, 1.54) is 0 Å². The highest BCUT2D eigenvalue weighted by Gasteiger charge is 2.28. The smallest absolute Gasteiger partial charge is 0.291 e. The average Bonchev–Trinajstić information content (AvgIpc) is 2.62. The van der Waals surface area contributed by atoms with Crippen molar-refractivity contribution in [2.45, 2.75) is 18.9 Å². The minimum Gasteiger partial charge on any atom is -0.470 e. The maximum absolute atomic E-state index is 12.5. The fourth-order valence-corrected chi connectivity index (χ4v) is 2.64. The van der Waals surface area contributed by atoms with Crippen LogP contribution in [0.15, 0.2) is 30.9 Å². The molecule has 1 aliphatic heterocycles. The van der Waals surface area contributed by atoms with Crippen LogP contribution in [-0.2, 0) is 0 Å². The number of piperidine rings is 1. The largest absolute Gasteiger partial charge is 0.470 e. The summed E-state index contributed by atoms with van der Waals surface area (Å²) in [5.41, 5.74) is 0. The van der Waals surface area contributed by atoms with Crippen LogP contribution in [0.3, 0.4) is 0 Å². The molecule has 8 heteroatoms. The Balaban J connectivity index is 1.69. The summed E-state index contributed by atoms with van der Waals surface area (Å²) in [6, 6.07) is 1.69. The number of likely N-dealkylation sites (tertiary alicyclic amines) is 1. The number of ether oxygens (including phenoxy) is 1. The fourth-order valence-electron chi connectivity index (χ4n) is 2.64. The molecule has 2 aromatic heterocycles. The fraction of sp³-hybridized carbons (Fsp3) is 0.438. The van der Waals surface area contributed by atoms with E-state index in [9.17, 15) is 4.79 Å². The molecule has 0 aromatic carbocycles. The van der Waals surface area contributed by atoms with Gasteiger partial charge in [-0.25, -0.2) is 19.9 Å². The van der Waals surface area contributed by atoms with Gasteiger partial charge in [-0.1, -0.05) is 0 Å². The van der Waals surface area contributed by atoms with E-state index in [0.717, 1.165) is 12.8 Å². The van der Waals surface area contributed by atoms with Gasteiger partial charge in [0.1, 0.15) is 6.10 Å². The molecule has 1 atom stereocenters. The van der Waals surface area contributed by atoms with Crippen LogP contribution in [-0.4, -0.2) is 64.0 Å². The van der Waals surface area contributed by atoms with Gasteiger partial charge in [-0.05, 0) is 18.9 Å². The lowest BCUT2D eigenvalue weighted by molar-refractivity contribution is 0.0517. The third kappa shape index (κ3) is 3.58. The van der Waals surface area contributed by atoms with Crippen molar-refractivity contribution in [2.24, 2.45) is 0 Å². The van der Waals surface area contributed by atoms with Crippen LogP contribution in [0.1, 0.15) is 23.5 Å². The third-order valence-corrected chi connectivity index (χ3v) is 3.77. The van der Waals surface area contributed by atoms with E-state index in [0.29, 0.717) is 24.8 Å². The number of amides is 1. The Hall–Kier alpha value is -2.77. The molecule has 0 aliphatic carbocycles. The number of nitrogens with zero attached hydrogens (tertiary/aromatic N) is 6. The van der Waals surface area contributed by atoms with Crippen LogP contribution in [0.4, 0.5) is 5.82 Å². The van der Waals surface area contributed by atoms with Gasteiger partial charge in [0.05, 0.1) is 6.54 Å². The molecule has 1 amide bonds. The van der Waals surface area contributed by atoms with E-state index < -0.39 is 0 Å². The number of rotatable bonds is 4. The molecular weight excluding hydrogens is 308 g/mol. The van der Waals surface area contributed by atoms with E-state index >= 15 is 0 Å². The lowest BCUT2D eigenvalue weighted by Crippen LogP contribution is -2.45. The molecule has 2 aromatic rings. The first-order chi connectivity index (χ1) is 11.6. The van der Waals surface area contributed by atoms with Gasteiger partial charge in [0.15, 0.2) is 5.82 Å². The van der Waals surface area contributed by atoms with Gasteiger partial charge >= 0.3 is 0 Å². The second kappa shape index (κ2) is 7.20. The number of carbonyl (C=O) groups excluding carboxylic acids is 1. The second-order valence-corrected chi connectivity index (χ2v) is 5.79. The molecule has 0 radical (unpaired) electrons. The van der Waals surface area contributed by atoms with Crippen molar-refractivity contribution in [3.8, 4) is 5.88 Å². The SMILES string of the molecule is CN(C)c1nccnc1OC1CCCN(C(=O)c2ncccn2)C1. The molecule has 0 spiro atoms. The number of hydrogen-bond donors (Lipinski definition) is 0. The van der Waals surface area contributed by atoms with Gasteiger partial charge in [0.25, 0.3) is 11.8 Å². The van der Waals surface area contributed by atoms with E-state index in [1.807, 2.05) is 19.0 Å². The van der Waals surface area contributed by atoms with Gasteiger partial charge in [0, 0.05) is 45.4 Å². The van der Waals surface area contributed by atoms with E-state index in [-0.39, 0.29) is 17.8 Å². The van der Waals surface area contributed by atoms with Crippen molar-refractivity contribution < 1.29 is 9.53 Å². The average molecular weight is 328 g/mol. The van der Waals surface area contributed by atoms with Crippen molar-refractivity contribution in [3.05, 3.63) is 36.7 Å². The first-order valence-corrected chi connectivity index (χ1v) is 7.86. The molecule has 1 unspecified atom stereocenters. The number of anilines is 1. The van der Waals surface area contributed by atoms with Crippen molar-refractivity contribution >= 4 is 11.7 Å². The minimum absolute atomic E-state index is 0.123. The zero-order valence-electron chi connectivity index (χ0n) is 13.8. The molecule has 24 heavy (non-hydrogen) atoms. The summed E-state index contributed by atoms with van der Waals surface area (Å²) in [5, 5.41) is 0. The normalized spacial score (nSPS) is 17.4. The zero-order chi connectivity index (χ0) is 16.9. The monoisotopic (exact) mass is 328 g/mol. The van der Waals surface area contributed by atoms with Crippen molar-refractivity contribution in [3.63, 3.8) is 0 Å². The van der Waals surface area contributed by atoms with Crippen molar-refractivity contribution in [1.29, 1.82) is 0 Å². The summed E-state index contributed by atoms with van der Waals surface area (Å²) in [6.07, 6.45) is 7.98. The Morgan fingerprint density at radius 2 is 1.92 bits per heavy atom.